The van der Waals surface area contributed by atoms with Crippen LogP contribution >= 0.6 is 0 Å². The molecule has 136 valence electrons. The van der Waals surface area contributed by atoms with E-state index in [-0.39, 0.29) is 11.9 Å². The molecule has 1 amide bonds. The molecule has 0 aromatic rings. The van der Waals surface area contributed by atoms with Crippen LogP contribution in [0.25, 0.3) is 0 Å². The number of carbonyl (C=O) groups excluding carboxylic acids is 1. The third-order valence-electron chi connectivity index (χ3n) is 2.45. The van der Waals surface area contributed by atoms with E-state index in [1.165, 1.54) is 0 Å². The van der Waals surface area contributed by atoms with Gasteiger partial charge in [-0.05, 0) is 18.8 Å². The molecular formula is C13H25F3N4O3. The second kappa shape index (κ2) is 11.6. The van der Waals surface area contributed by atoms with Crippen LogP contribution in [0.1, 0.15) is 33.1 Å². The number of aliphatic imine (C=N–C) groups is 1. The van der Waals surface area contributed by atoms with Gasteiger partial charge in [0, 0.05) is 26.6 Å². The average Bonchev–Trinajstić information content (AvgIpc) is 2.36. The number of hydrogen-bond donors (Lipinski definition) is 3. The molecule has 0 saturated heterocycles. The number of alkyl halides is 3. The molecule has 0 aromatic carbocycles. The Morgan fingerprint density at radius 3 is 2.04 bits per heavy atom. The molecule has 0 bridgehead atoms. The Balaban J connectivity index is 0. The van der Waals surface area contributed by atoms with E-state index in [1.807, 2.05) is 20.9 Å². The van der Waals surface area contributed by atoms with Crippen molar-refractivity contribution >= 4 is 17.8 Å². The first kappa shape index (κ1) is 23.3. The van der Waals surface area contributed by atoms with Crippen molar-refractivity contribution in [2.45, 2.75) is 39.3 Å². The Labute approximate surface area is 133 Å². The number of guanidine groups is 1. The normalized spacial score (nSPS) is 10.6. The predicted molar refractivity (Wildman–Crippen MR) is 80.7 cm³/mol. The van der Waals surface area contributed by atoms with E-state index in [1.54, 1.807) is 4.90 Å². The summed E-state index contributed by atoms with van der Waals surface area (Å²) in [5.41, 5.74) is 10.4. The molecule has 0 aliphatic heterocycles. The van der Waals surface area contributed by atoms with Crippen molar-refractivity contribution in [1.82, 2.24) is 4.90 Å². The number of carboxylic acids is 1. The van der Waals surface area contributed by atoms with E-state index >= 15 is 0 Å². The van der Waals surface area contributed by atoms with E-state index < -0.39 is 12.1 Å². The van der Waals surface area contributed by atoms with Crippen LogP contribution in [0, 0.1) is 5.92 Å². The fraction of sp³-hybridized carbons (Fsp3) is 0.769. The number of amides is 1. The lowest BCUT2D eigenvalue weighted by Crippen LogP contribution is -2.28. The second-order valence-electron chi connectivity index (χ2n) is 5.23. The highest BCUT2D eigenvalue weighted by Crippen LogP contribution is 2.13. The number of unbranched alkanes of at least 4 members (excludes halogenated alkanes) is 1. The first-order valence-electron chi connectivity index (χ1n) is 6.97. The molecule has 5 N–H and O–H groups in total. The maximum atomic E-state index is 11.6. The maximum absolute atomic E-state index is 11.6. The number of rotatable bonds is 7. The zero-order valence-corrected chi connectivity index (χ0v) is 13.6. The van der Waals surface area contributed by atoms with Crippen LogP contribution in [0.2, 0.25) is 0 Å². The molecule has 0 spiro atoms. The topological polar surface area (TPSA) is 122 Å². The van der Waals surface area contributed by atoms with Crippen LogP contribution in [0.15, 0.2) is 4.99 Å². The maximum Gasteiger partial charge on any atom is 0.490 e. The van der Waals surface area contributed by atoms with Crippen molar-refractivity contribution in [3.8, 4) is 0 Å². The van der Waals surface area contributed by atoms with Crippen LogP contribution in [-0.2, 0) is 9.59 Å². The number of nitrogens with two attached hydrogens (primary N) is 2. The van der Waals surface area contributed by atoms with E-state index in [4.69, 9.17) is 21.4 Å². The van der Waals surface area contributed by atoms with Crippen molar-refractivity contribution in [3.63, 3.8) is 0 Å². The zero-order valence-electron chi connectivity index (χ0n) is 13.6. The summed E-state index contributed by atoms with van der Waals surface area (Å²) in [6.45, 7) is 5.50. The summed E-state index contributed by atoms with van der Waals surface area (Å²) >= 11 is 0. The smallest absolute Gasteiger partial charge is 0.475 e. The third kappa shape index (κ3) is 16.2. The van der Waals surface area contributed by atoms with Gasteiger partial charge in [-0.2, -0.15) is 13.2 Å². The Kier molecular flexibility index (Phi) is 11.7. The highest BCUT2D eigenvalue weighted by atomic mass is 19.4. The second-order valence-corrected chi connectivity index (χ2v) is 5.23. The van der Waals surface area contributed by atoms with Crippen molar-refractivity contribution in [2.24, 2.45) is 22.4 Å². The Bertz CT molecular complexity index is 394. The van der Waals surface area contributed by atoms with Gasteiger partial charge in [-0.25, -0.2) is 4.79 Å². The van der Waals surface area contributed by atoms with E-state index in [0.29, 0.717) is 18.9 Å². The van der Waals surface area contributed by atoms with Crippen LogP contribution < -0.4 is 11.5 Å². The van der Waals surface area contributed by atoms with Crippen LogP contribution in [0.5, 0.6) is 0 Å². The summed E-state index contributed by atoms with van der Waals surface area (Å²) in [7, 11) is 1.84. The highest BCUT2D eigenvalue weighted by Gasteiger charge is 2.38. The number of aliphatic carboxylic acids is 1. The van der Waals surface area contributed by atoms with E-state index in [0.717, 1.165) is 19.4 Å². The van der Waals surface area contributed by atoms with Crippen molar-refractivity contribution in [2.75, 3.05) is 20.1 Å². The molecule has 0 unspecified atom stereocenters. The summed E-state index contributed by atoms with van der Waals surface area (Å²) in [6, 6.07) is 0. The first-order valence-corrected chi connectivity index (χ1v) is 6.97. The van der Waals surface area contributed by atoms with E-state index in [2.05, 4.69) is 4.99 Å². The monoisotopic (exact) mass is 342 g/mol. The van der Waals surface area contributed by atoms with Gasteiger partial charge in [0.15, 0.2) is 5.96 Å². The average molecular weight is 342 g/mol. The quantitative estimate of drug-likeness (QED) is 0.364. The van der Waals surface area contributed by atoms with Crippen LogP contribution in [0.3, 0.4) is 0 Å². The van der Waals surface area contributed by atoms with Gasteiger partial charge in [0.25, 0.3) is 0 Å². The molecular weight excluding hydrogens is 317 g/mol. The highest BCUT2D eigenvalue weighted by molar-refractivity contribution is 5.76. The van der Waals surface area contributed by atoms with Crippen molar-refractivity contribution < 1.29 is 27.9 Å². The van der Waals surface area contributed by atoms with Crippen LogP contribution in [0.4, 0.5) is 13.2 Å². The summed E-state index contributed by atoms with van der Waals surface area (Å²) in [4.78, 5) is 26.1. The minimum Gasteiger partial charge on any atom is -0.475 e. The lowest BCUT2D eigenvalue weighted by molar-refractivity contribution is -0.192. The van der Waals surface area contributed by atoms with Gasteiger partial charge in [-0.15, -0.1) is 0 Å². The molecule has 0 aliphatic rings. The van der Waals surface area contributed by atoms with Gasteiger partial charge in [0.2, 0.25) is 5.91 Å². The molecule has 0 aromatic heterocycles. The first-order chi connectivity index (χ1) is 10.4. The number of nitrogens with zero attached hydrogens (tertiary/aromatic N) is 2. The third-order valence-corrected chi connectivity index (χ3v) is 2.45. The molecule has 0 aliphatic carbocycles. The number of hydrogen-bond acceptors (Lipinski definition) is 3. The van der Waals surface area contributed by atoms with Crippen molar-refractivity contribution in [1.29, 1.82) is 0 Å². The molecule has 7 nitrogen and oxygen atoms in total. The molecule has 0 saturated carbocycles. The van der Waals surface area contributed by atoms with Gasteiger partial charge >= 0.3 is 12.1 Å². The van der Waals surface area contributed by atoms with Gasteiger partial charge in [0.1, 0.15) is 0 Å². The lowest BCUT2D eigenvalue weighted by Gasteiger charge is -2.17. The van der Waals surface area contributed by atoms with Crippen molar-refractivity contribution in [3.05, 3.63) is 0 Å². The van der Waals surface area contributed by atoms with Crippen LogP contribution in [-0.4, -0.2) is 54.2 Å². The van der Waals surface area contributed by atoms with Gasteiger partial charge in [-0.3, -0.25) is 9.79 Å². The summed E-state index contributed by atoms with van der Waals surface area (Å²) in [6.07, 6.45) is -2.64. The van der Waals surface area contributed by atoms with Gasteiger partial charge in [-0.1, -0.05) is 13.8 Å². The van der Waals surface area contributed by atoms with Gasteiger partial charge in [0.05, 0.1) is 0 Å². The van der Waals surface area contributed by atoms with E-state index in [9.17, 15) is 18.0 Å². The SMILES string of the molecule is CC(C)CC(=O)N(C)CCCCN=C(N)N.O=C(O)C(F)(F)F. The van der Waals surface area contributed by atoms with Gasteiger partial charge < -0.3 is 21.5 Å². The summed E-state index contributed by atoms with van der Waals surface area (Å²) < 4.78 is 31.7. The number of carboxylic acid groups (broad SMARTS) is 1. The fourth-order valence-electron chi connectivity index (χ4n) is 1.30. The zero-order chi connectivity index (χ0) is 18.6. The molecule has 0 rings (SSSR count). The Morgan fingerprint density at radius 2 is 1.70 bits per heavy atom. The standard InChI is InChI=1S/C11H24N4O.C2HF3O2/c1-9(2)8-10(16)15(3)7-5-4-6-14-11(12)13;3-2(4,5)1(6)7/h9H,4-8H2,1-3H3,(H4,12,13,14);(H,6,7). The summed E-state index contributed by atoms with van der Waals surface area (Å²) in [5, 5.41) is 7.12. The fourth-order valence-corrected chi connectivity index (χ4v) is 1.30. The summed E-state index contributed by atoms with van der Waals surface area (Å²) in [5.74, 6) is -2.01. The minimum absolute atomic E-state index is 0.129. The Morgan fingerprint density at radius 1 is 1.22 bits per heavy atom. The number of halogens is 3. The minimum atomic E-state index is -5.08. The molecule has 0 radical (unpaired) electrons. The number of carbonyl (C=O) groups is 2. The molecule has 0 heterocycles. The lowest BCUT2D eigenvalue weighted by atomic mass is 10.1. The largest absolute Gasteiger partial charge is 0.490 e. The molecule has 10 heteroatoms. The Hall–Kier alpha value is -2.00. The molecule has 0 atom stereocenters. The molecule has 0 fully saturated rings. The predicted octanol–water partition coefficient (Wildman–Crippen LogP) is 1.18. The molecule has 23 heavy (non-hydrogen) atoms.